The van der Waals surface area contributed by atoms with Crippen LogP contribution in [-0.2, 0) is 16.1 Å². The van der Waals surface area contributed by atoms with Gasteiger partial charge in [-0.05, 0) is 30.2 Å². The van der Waals surface area contributed by atoms with Crippen molar-refractivity contribution in [2.75, 3.05) is 13.2 Å². The molecular weight excluding hydrogens is 226 g/mol. The van der Waals surface area contributed by atoms with Gasteiger partial charge in [0.05, 0.1) is 12.5 Å². The maximum Gasteiger partial charge on any atom is 0.314 e. The van der Waals surface area contributed by atoms with Gasteiger partial charge < -0.3 is 10.1 Å². The second-order valence-corrected chi connectivity index (χ2v) is 4.22. The molecule has 1 aliphatic heterocycles. The summed E-state index contributed by atoms with van der Waals surface area (Å²) in [6.07, 6.45) is 0. The Bertz CT molecular complexity index is 406. The molecule has 86 valence electrons. The van der Waals surface area contributed by atoms with Gasteiger partial charge in [0.15, 0.2) is 0 Å². The predicted molar refractivity (Wildman–Crippen MR) is 62.5 cm³/mol. The Kier molecular flexibility index (Phi) is 3.46. The highest BCUT2D eigenvalue weighted by Crippen LogP contribution is 2.27. The highest BCUT2D eigenvalue weighted by molar-refractivity contribution is 6.30. The fourth-order valence-electron chi connectivity index (χ4n) is 1.98. The average molecular weight is 240 g/mol. The van der Waals surface area contributed by atoms with E-state index in [1.165, 1.54) is 0 Å². The first-order valence-electron chi connectivity index (χ1n) is 5.38. The van der Waals surface area contributed by atoms with Crippen LogP contribution in [-0.4, -0.2) is 19.1 Å². The highest BCUT2D eigenvalue weighted by Gasteiger charge is 2.27. The van der Waals surface area contributed by atoms with Gasteiger partial charge in [0.1, 0.15) is 0 Å². The smallest absolute Gasteiger partial charge is 0.314 e. The van der Waals surface area contributed by atoms with Crippen molar-refractivity contribution < 1.29 is 9.53 Å². The zero-order chi connectivity index (χ0) is 11.5. The SMILES string of the molecule is CCOC(=O)C1CNCc2cc(Cl)ccc21. The van der Waals surface area contributed by atoms with E-state index in [0.717, 1.165) is 17.7 Å². The zero-order valence-corrected chi connectivity index (χ0v) is 9.88. The van der Waals surface area contributed by atoms with Crippen LogP contribution in [0.4, 0.5) is 0 Å². The summed E-state index contributed by atoms with van der Waals surface area (Å²) in [5, 5.41) is 3.90. The molecule has 0 saturated heterocycles. The molecule has 1 aromatic rings. The molecular formula is C12H14ClNO2. The third-order valence-electron chi connectivity index (χ3n) is 2.72. The standard InChI is InChI=1S/C12H14ClNO2/c1-2-16-12(15)11-7-14-6-8-5-9(13)3-4-10(8)11/h3-5,11,14H,2,6-7H2,1H3. The first kappa shape index (κ1) is 11.4. The number of hydrogen-bond donors (Lipinski definition) is 1. The molecule has 0 aromatic heterocycles. The van der Waals surface area contributed by atoms with Crippen molar-refractivity contribution in [1.29, 1.82) is 0 Å². The lowest BCUT2D eigenvalue weighted by Gasteiger charge is -2.24. The number of hydrogen-bond acceptors (Lipinski definition) is 3. The summed E-state index contributed by atoms with van der Waals surface area (Å²) >= 11 is 5.92. The van der Waals surface area contributed by atoms with Crippen LogP contribution in [0.2, 0.25) is 5.02 Å². The third kappa shape index (κ3) is 2.20. The van der Waals surface area contributed by atoms with Crippen LogP contribution in [0.3, 0.4) is 0 Å². The molecule has 0 aliphatic carbocycles. The van der Waals surface area contributed by atoms with E-state index in [0.29, 0.717) is 18.2 Å². The number of benzene rings is 1. The molecule has 1 atom stereocenters. The molecule has 0 saturated carbocycles. The molecule has 3 nitrogen and oxygen atoms in total. The van der Waals surface area contributed by atoms with Gasteiger partial charge in [-0.3, -0.25) is 4.79 Å². The Morgan fingerprint density at radius 3 is 3.19 bits per heavy atom. The lowest BCUT2D eigenvalue weighted by molar-refractivity contribution is -0.145. The average Bonchev–Trinajstić information content (AvgIpc) is 2.28. The summed E-state index contributed by atoms with van der Waals surface area (Å²) in [6, 6.07) is 5.63. The normalized spacial score (nSPS) is 19.0. The Labute approximate surface area is 99.7 Å². The lowest BCUT2D eigenvalue weighted by atomic mass is 9.91. The fourth-order valence-corrected chi connectivity index (χ4v) is 2.18. The first-order chi connectivity index (χ1) is 7.72. The molecule has 16 heavy (non-hydrogen) atoms. The van der Waals surface area contributed by atoms with Crippen LogP contribution < -0.4 is 5.32 Å². The lowest BCUT2D eigenvalue weighted by Crippen LogP contribution is -2.33. The molecule has 0 amide bonds. The van der Waals surface area contributed by atoms with Gasteiger partial charge in [-0.2, -0.15) is 0 Å². The summed E-state index contributed by atoms with van der Waals surface area (Å²) in [6.45, 7) is 3.62. The quantitative estimate of drug-likeness (QED) is 0.804. The van der Waals surface area contributed by atoms with Crippen LogP contribution in [0, 0.1) is 0 Å². The Morgan fingerprint density at radius 1 is 1.62 bits per heavy atom. The number of nitrogens with one attached hydrogen (secondary N) is 1. The third-order valence-corrected chi connectivity index (χ3v) is 2.95. The molecule has 0 spiro atoms. The van der Waals surface area contributed by atoms with Crippen molar-refractivity contribution >= 4 is 17.6 Å². The summed E-state index contributed by atoms with van der Waals surface area (Å²) in [5.41, 5.74) is 2.11. The van der Waals surface area contributed by atoms with E-state index in [-0.39, 0.29) is 11.9 Å². The molecule has 1 unspecified atom stereocenters. The van der Waals surface area contributed by atoms with E-state index >= 15 is 0 Å². The van der Waals surface area contributed by atoms with Gasteiger partial charge in [-0.15, -0.1) is 0 Å². The minimum Gasteiger partial charge on any atom is -0.465 e. The number of carbonyl (C=O) groups excluding carboxylic acids is 1. The number of carbonyl (C=O) groups is 1. The van der Waals surface area contributed by atoms with Crippen LogP contribution in [0.25, 0.3) is 0 Å². The maximum atomic E-state index is 11.8. The van der Waals surface area contributed by atoms with Gasteiger partial charge >= 0.3 is 5.97 Å². The zero-order valence-electron chi connectivity index (χ0n) is 9.13. The van der Waals surface area contributed by atoms with Crippen molar-refractivity contribution in [1.82, 2.24) is 5.32 Å². The Hall–Kier alpha value is -1.06. The molecule has 4 heteroatoms. The van der Waals surface area contributed by atoms with Crippen molar-refractivity contribution in [2.45, 2.75) is 19.4 Å². The summed E-state index contributed by atoms with van der Waals surface area (Å²) in [4.78, 5) is 11.8. The van der Waals surface area contributed by atoms with E-state index < -0.39 is 0 Å². The van der Waals surface area contributed by atoms with Crippen LogP contribution in [0.5, 0.6) is 0 Å². The first-order valence-corrected chi connectivity index (χ1v) is 5.76. The van der Waals surface area contributed by atoms with E-state index in [1.807, 2.05) is 25.1 Å². The number of ether oxygens (including phenoxy) is 1. The number of esters is 1. The molecule has 1 N–H and O–H groups in total. The summed E-state index contributed by atoms with van der Waals surface area (Å²) in [7, 11) is 0. The summed E-state index contributed by atoms with van der Waals surface area (Å²) in [5.74, 6) is -0.376. The second-order valence-electron chi connectivity index (χ2n) is 3.78. The van der Waals surface area contributed by atoms with Crippen molar-refractivity contribution in [3.8, 4) is 0 Å². The van der Waals surface area contributed by atoms with Crippen molar-refractivity contribution in [3.63, 3.8) is 0 Å². The van der Waals surface area contributed by atoms with Crippen LogP contribution >= 0.6 is 11.6 Å². The Morgan fingerprint density at radius 2 is 2.44 bits per heavy atom. The van der Waals surface area contributed by atoms with E-state index in [9.17, 15) is 4.79 Å². The van der Waals surface area contributed by atoms with Crippen LogP contribution in [0.1, 0.15) is 24.0 Å². The Balaban J connectivity index is 2.29. The fraction of sp³-hybridized carbons (Fsp3) is 0.417. The predicted octanol–water partition coefficient (Wildman–Crippen LogP) is 2.09. The number of fused-ring (bicyclic) bond motifs is 1. The maximum absolute atomic E-state index is 11.8. The number of halogens is 1. The van der Waals surface area contributed by atoms with E-state index in [2.05, 4.69) is 5.32 Å². The van der Waals surface area contributed by atoms with Gasteiger partial charge in [0, 0.05) is 18.1 Å². The molecule has 0 bridgehead atoms. The number of rotatable bonds is 2. The van der Waals surface area contributed by atoms with Gasteiger partial charge in [-0.1, -0.05) is 17.7 Å². The van der Waals surface area contributed by atoms with E-state index in [4.69, 9.17) is 16.3 Å². The summed E-state index contributed by atoms with van der Waals surface area (Å²) < 4.78 is 5.06. The molecule has 0 radical (unpaired) electrons. The van der Waals surface area contributed by atoms with E-state index in [1.54, 1.807) is 0 Å². The largest absolute Gasteiger partial charge is 0.465 e. The van der Waals surface area contributed by atoms with Gasteiger partial charge in [0.25, 0.3) is 0 Å². The van der Waals surface area contributed by atoms with Crippen molar-refractivity contribution in [3.05, 3.63) is 34.3 Å². The van der Waals surface area contributed by atoms with Crippen LogP contribution in [0.15, 0.2) is 18.2 Å². The minimum absolute atomic E-state index is 0.168. The molecule has 1 aliphatic rings. The highest BCUT2D eigenvalue weighted by atomic mass is 35.5. The molecule has 0 fully saturated rings. The van der Waals surface area contributed by atoms with Crippen molar-refractivity contribution in [2.24, 2.45) is 0 Å². The monoisotopic (exact) mass is 239 g/mol. The second kappa shape index (κ2) is 4.85. The topological polar surface area (TPSA) is 38.3 Å². The van der Waals surface area contributed by atoms with Gasteiger partial charge in [-0.25, -0.2) is 0 Å². The molecule has 1 aromatic carbocycles. The minimum atomic E-state index is -0.207. The molecule has 1 heterocycles. The molecule has 2 rings (SSSR count). The van der Waals surface area contributed by atoms with Gasteiger partial charge in [0.2, 0.25) is 0 Å².